The van der Waals surface area contributed by atoms with E-state index in [2.05, 4.69) is 20.2 Å². The number of aromatic nitrogens is 2. The molecular weight excluding hydrogens is 292 g/mol. The normalized spacial score (nSPS) is 24.2. The minimum atomic E-state index is -3.00. The van der Waals surface area contributed by atoms with Crippen LogP contribution in [0.2, 0.25) is 0 Å². The molecule has 0 bridgehead atoms. The molecule has 1 atom stereocenters. The Bertz CT molecular complexity index is 623. The molecule has 0 aliphatic carbocycles. The number of sulfone groups is 1. The molecule has 0 aromatic carbocycles. The summed E-state index contributed by atoms with van der Waals surface area (Å²) in [6, 6.07) is -0.317. The maximum atomic E-state index is 12.0. The van der Waals surface area contributed by atoms with Crippen LogP contribution < -0.4 is 10.2 Å². The molecule has 0 saturated carbocycles. The molecule has 7 nitrogen and oxygen atoms in total. The maximum absolute atomic E-state index is 12.0. The number of hydrogen-bond acceptors (Lipinski definition) is 6. The van der Waals surface area contributed by atoms with Gasteiger partial charge >= 0.3 is 0 Å². The first-order chi connectivity index (χ1) is 10.0. The van der Waals surface area contributed by atoms with E-state index in [1.807, 2.05) is 0 Å². The lowest BCUT2D eigenvalue weighted by Gasteiger charge is -2.16. The van der Waals surface area contributed by atoms with Crippen molar-refractivity contribution in [1.82, 2.24) is 15.3 Å². The molecule has 1 aromatic rings. The Kier molecular flexibility index (Phi) is 3.79. The van der Waals surface area contributed by atoms with E-state index in [0.717, 1.165) is 31.7 Å². The minimum absolute atomic E-state index is 0.0119. The Morgan fingerprint density at radius 1 is 1.24 bits per heavy atom. The van der Waals surface area contributed by atoms with Crippen LogP contribution >= 0.6 is 0 Å². The third kappa shape index (κ3) is 3.31. The molecule has 3 rings (SSSR count). The fourth-order valence-electron chi connectivity index (χ4n) is 2.72. The van der Waals surface area contributed by atoms with Gasteiger partial charge in [-0.1, -0.05) is 0 Å². The molecule has 1 N–H and O–H groups in total. The molecule has 0 spiro atoms. The van der Waals surface area contributed by atoms with Crippen LogP contribution in [0.1, 0.15) is 29.8 Å². The first-order valence-corrected chi connectivity index (χ1v) is 8.94. The molecule has 2 aliphatic rings. The molecule has 1 unspecified atom stereocenters. The Balaban J connectivity index is 1.62. The van der Waals surface area contributed by atoms with E-state index in [9.17, 15) is 13.2 Å². The van der Waals surface area contributed by atoms with Crippen LogP contribution in [0.5, 0.6) is 0 Å². The molecule has 114 valence electrons. The van der Waals surface area contributed by atoms with Gasteiger partial charge in [-0.05, 0) is 19.3 Å². The van der Waals surface area contributed by atoms with Crippen molar-refractivity contribution >= 4 is 21.6 Å². The van der Waals surface area contributed by atoms with Crippen molar-refractivity contribution in [2.24, 2.45) is 0 Å². The number of anilines is 1. The first kappa shape index (κ1) is 14.2. The highest BCUT2D eigenvalue weighted by molar-refractivity contribution is 7.91. The van der Waals surface area contributed by atoms with Crippen LogP contribution in [-0.2, 0) is 9.84 Å². The van der Waals surface area contributed by atoms with E-state index < -0.39 is 9.84 Å². The predicted molar refractivity (Wildman–Crippen MR) is 78.0 cm³/mol. The van der Waals surface area contributed by atoms with Gasteiger partial charge in [-0.3, -0.25) is 4.79 Å². The van der Waals surface area contributed by atoms with E-state index in [-0.39, 0.29) is 29.1 Å². The highest BCUT2D eigenvalue weighted by atomic mass is 32.2. The molecular formula is C13H18N4O3S. The molecule has 21 heavy (non-hydrogen) atoms. The van der Waals surface area contributed by atoms with Crippen LogP contribution in [0, 0.1) is 0 Å². The second-order valence-corrected chi connectivity index (χ2v) is 7.76. The molecule has 0 radical (unpaired) electrons. The number of rotatable bonds is 3. The Morgan fingerprint density at radius 3 is 2.57 bits per heavy atom. The average Bonchev–Trinajstić information content (AvgIpc) is 3.09. The Morgan fingerprint density at radius 2 is 2.00 bits per heavy atom. The lowest BCUT2D eigenvalue weighted by molar-refractivity contribution is 0.0935. The summed E-state index contributed by atoms with van der Waals surface area (Å²) in [5.41, 5.74) is 0.224. The summed E-state index contributed by atoms with van der Waals surface area (Å²) < 4.78 is 22.7. The Hall–Kier alpha value is -1.70. The third-order valence-corrected chi connectivity index (χ3v) is 5.64. The number of carbonyl (C=O) groups excluding carboxylic acids is 1. The van der Waals surface area contributed by atoms with Crippen molar-refractivity contribution in [3.8, 4) is 0 Å². The smallest absolute Gasteiger partial charge is 0.271 e. The van der Waals surface area contributed by atoms with Crippen LogP contribution in [-0.4, -0.2) is 54.9 Å². The van der Waals surface area contributed by atoms with Gasteiger partial charge in [-0.15, -0.1) is 0 Å². The molecule has 1 aromatic heterocycles. The van der Waals surface area contributed by atoms with Crippen molar-refractivity contribution in [3.05, 3.63) is 18.1 Å². The fraction of sp³-hybridized carbons (Fsp3) is 0.615. The van der Waals surface area contributed by atoms with E-state index in [4.69, 9.17) is 0 Å². The second-order valence-electron chi connectivity index (χ2n) is 5.53. The largest absolute Gasteiger partial charge is 0.355 e. The number of hydrogen-bond donors (Lipinski definition) is 1. The number of nitrogens with one attached hydrogen (secondary N) is 1. The highest BCUT2D eigenvalue weighted by Gasteiger charge is 2.29. The molecule has 8 heteroatoms. The molecule has 2 aliphatic heterocycles. The monoisotopic (exact) mass is 310 g/mol. The third-order valence-electron chi connectivity index (χ3n) is 3.87. The first-order valence-electron chi connectivity index (χ1n) is 7.12. The van der Waals surface area contributed by atoms with Crippen molar-refractivity contribution in [2.75, 3.05) is 29.5 Å². The van der Waals surface area contributed by atoms with Crippen LogP contribution in [0.25, 0.3) is 0 Å². The SMILES string of the molecule is O=C(NC1CCS(=O)(=O)C1)c1cnc(N2CCCC2)cn1. The lowest BCUT2D eigenvalue weighted by atomic mass is 10.2. The second kappa shape index (κ2) is 5.59. The molecule has 3 heterocycles. The summed E-state index contributed by atoms with van der Waals surface area (Å²) in [6.07, 6.45) is 5.82. The quantitative estimate of drug-likeness (QED) is 0.844. The van der Waals surface area contributed by atoms with Crippen molar-refractivity contribution in [3.63, 3.8) is 0 Å². The fourth-order valence-corrected chi connectivity index (χ4v) is 4.39. The number of amides is 1. The summed E-state index contributed by atoms with van der Waals surface area (Å²) in [5, 5.41) is 2.71. The maximum Gasteiger partial charge on any atom is 0.271 e. The van der Waals surface area contributed by atoms with Crippen LogP contribution in [0.4, 0.5) is 5.82 Å². The standard InChI is InChI=1S/C13H18N4O3S/c18-13(16-10-3-6-21(19,20)9-10)11-7-15-12(8-14-11)17-4-1-2-5-17/h7-8,10H,1-6,9H2,(H,16,18). The summed E-state index contributed by atoms with van der Waals surface area (Å²) in [6.45, 7) is 1.94. The van der Waals surface area contributed by atoms with E-state index in [1.54, 1.807) is 6.20 Å². The van der Waals surface area contributed by atoms with Gasteiger partial charge in [0, 0.05) is 19.1 Å². The zero-order valence-corrected chi connectivity index (χ0v) is 12.5. The topological polar surface area (TPSA) is 92.3 Å². The van der Waals surface area contributed by atoms with E-state index in [1.165, 1.54) is 6.20 Å². The summed E-state index contributed by atoms with van der Waals surface area (Å²) >= 11 is 0. The van der Waals surface area contributed by atoms with Gasteiger partial charge in [-0.25, -0.2) is 18.4 Å². The van der Waals surface area contributed by atoms with Crippen molar-refractivity contribution in [2.45, 2.75) is 25.3 Å². The number of nitrogens with zero attached hydrogens (tertiary/aromatic N) is 3. The van der Waals surface area contributed by atoms with Gasteiger partial charge in [0.1, 0.15) is 11.5 Å². The average molecular weight is 310 g/mol. The van der Waals surface area contributed by atoms with Gasteiger partial charge in [0.2, 0.25) is 0 Å². The summed E-state index contributed by atoms with van der Waals surface area (Å²) in [7, 11) is -3.00. The Labute approximate surface area is 123 Å². The van der Waals surface area contributed by atoms with Crippen LogP contribution in [0.15, 0.2) is 12.4 Å². The summed E-state index contributed by atoms with van der Waals surface area (Å²) in [5.74, 6) is 0.570. The molecule has 2 fully saturated rings. The van der Waals surface area contributed by atoms with Gasteiger partial charge in [0.25, 0.3) is 5.91 Å². The van der Waals surface area contributed by atoms with Gasteiger partial charge in [-0.2, -0.15) is 0 Å². The summed E-state index contributed by atoms with van der Waals surface area (Å²) in [4.78, 5) is 22.6. The van der Waals surface area contributed by atoms with Gasteiger partial charge < -0.3 is 10.2 Å². The molecule has 2 saturated heterocycles. The van der Waals surface area contributed by atoms with Gasteiger partial charge in [0.05, 0.1) is 23.9 Å². The van der Waals surface area contributed by atoms with E-state index >= 15 is 0 Å². The van der Waals surface area contributed by atoms with Crippen molar-refractivity contribution in [1.29, 1.82) is 0 Å². The highest BCUT2D eigenvalue weighted by Crippen LogP contribution is 2.16. The predicted octanol–water partition coefficient (Wildman–Crippen LogP) is -0.00630. The minimum Gasteiger partial charge on any atom is -0.355 e. The van der Waals surface area contributed by atoms with Crippen molar-refractivity contribution < 1.29 is 13.2 Å². The zero-order valence-electron chi connectivity index (χ0n) is 11.7. The number of carbonyl (C=O) groups is 1. The zero-order chi connectivity index (χ0) is 14.9. The van der Waals surface area contributed by atoms with Gasteiger partial charge in [0.15, 0.2) is 9.84 Å². The van der Waals surface area contributed by atoms with E-state index in [0.29, 0.717) is 6.42 Å². The molecule has 1 amide bonds. The lowest BCUT2D eigenvalue weighted by Crippen LogP contribution is -2.36. The van der Waals surface area contributed by atoms with Crippen LogP contribution in [0.3, 0.4) is 0 Å².